The lowest BCUT2D eigenvalue weighted by Gasteiger charge is -2.15. The number of carbonyl (C=O) groups is 5. The zero-order valence-corrected chi connectivity index (χ0v) is 29.1. The first-order valence-corrected chi connectivity index (χ1v) is 16.8. The number of hydrogen-bond acceptors (Lipinski definition) is 12. The molecule has 2 amide bonds. The number of rotatable bonds is 19. The predicted molar refractivity (Wildman–Crippen MR) is 179 cm³/mol. The number of carbonyl (C=O) groups excluding carboxylic acids is 4. The van der Waals surface area contributed by atoms with Gasteiger partial charge in [-0.1, -0.05) is 0 Å². The van der Waals surface area contributed by atoms with Crippen molar-refractivity contribution in [1.29, 1.82) is 0 Å². The van der Waals surface area contributed by atoms with Crippen LogP contribution in [0.15, 0.2) is 18.2 Å². The zero-order valence-electron chi connectivity index (χ0n) is 28.3. The van der Waals surface area contributed by atoms with Gasteiger partial charge in [0.25, 0.3) is 0 Å². The van der Waals surface area contributed by atoms with E-state index in [1.54, 1.807) is 13.0 Å². The van der Waals surface area contributed by atoms with Crippen molar-refractivity contribution in [2.24, 2.45) is 5.73 Å². The van der Waals surface area contributed by atoms with Crippen molar-refractivity contribution < 1.29 is 61.5 Å². The molecule has 276 valence electrons. The standard InChI is InChI=1S/C34H39F2N3O11S/c1-18(15-38-27(41)14-37)50-30(45)8-5-22(40)26-12-20-25(51-26)13-24(47-3)34(31(20)35)49-10-4-9-48-33-23(46-2)11-19-16-39(17-21(19)32(33)36)28(42)6-7-29(43)44/h11-13,18H,4-10,14-17,37H2,1-3H3,(H,38,41)(H,43,44)/t18-/m0/s1. The van der Waals surface area contributed by atoms with Crippen LogP contribution in [0.25, 0.3) is 10.1 Å². The van der Waals surface area contributed by atoms with E-state index in [2.05, 4.69) is 5.32 Å². The number of methoxy groups -OCH3 is 2. The maximum Gasteiger partial charge on any atom is 0.306 e. The largest absolute Gasteiger partial charge is 0.493 e. The molecule has 2 aromatic carbocycles. The van der Waals surface area contributed by atoms with E-state index in [0.29, 0.717) is 10.3 Å². The summed E-state index contributed by atoms with van der Waals surface area (Å²) in [4.78, 5) is 61.1. The van der Waals surface area contributed by atoms with E-state index in [1.807, 2.05) is 0 Å². The minimum atomic E-state index is -1.10. The van der Waals surface area contributed by atoms with Crippen LogP contribution in [0.2, 0.25) is 0 Å². The van der Waals surface area contributed by atoms with E-state index >= 15 is 8.78 Å². The summed E-state index contributed by atoms with van der Waals surface area (Å²) in [6.45, 7) is 1.46. The number of carboxylic acids is 1. The average Bonchev–Trinajstić information content (AvgIpc) is 3.75. The Balaban J connectivity index is 1.33. The Bertz CT molecular complexity index is 1800. The molecule has 4 rings (SSSR count). The Morgan fingerprint density at radius 1 is 0.941 bits per heavy atom. The molecule has 0 bridgehead atoms. The third-order valence-corrected chi connectivity index (χ3v) is 8.96. The molecule has 2 heterocycles. The molecule has 1 atom stereocenters. The van der Waals surface area contributed by atoms with Crippen LogP contribution in [0.5, 0.6) is 23.0 Å². The minimum absolute atomic E-state index is 0.0374. The van der Waals surface area contributed by atoms with Gasteiger partial charge in [0.15, 0.2) is 40.4 Å². The molecule has 17 heteroatoms. The van der Waals surface area contributed by atoms with Crippen LogP contribution in [0.4, 0.5) is 8.78 Å². The molecule has 51 heavy (non-hydrogen) atoms. The number of halogens is 2. The number of thiophene rings is 1. The average molecular weight is 736 g/mol. The third kappa shape index (κ3) is 9.82. The molecule has 4 N–H and O–H groups in total. The van der Waals surface area contributed by atoms with Gasteiger partial charge < -0.3 is 44.7 Å². The van der Waals surface area contributed by atoms with E-state index in [-0.39, 0.29) is 116 Å². The molecule has 0 saturated heterocycles. The number of esters is 1. The van der Waals surface area contributed by atoms with Gasteiger partial charge in [0.2, 0.25) is 11.8 Å². The van der Waals surface area contributed by atoms with Gasteiger partial charge >= 0.3 is 11.9 Å². The Morgan fingerprint density at radius 3 is 2.25 bits per heavy atom. The highest BCUT2D eigenvalue weighted by Gasteiger charge is 2.30. The maximum atomic E-state index is 15.7. The SMILES string of the molecule is COc1cc2c(c(F)c1OCCCOc1c(OC)cc3sc(C(=O)CCC(=O)O[C@@H](C)CNC(=O)CN)cc3c1F)CN(C(=O)CCC(=O)O)C2. The number of amides is 2. The number of benzene rings is 2. The van der Waals surface area contributed by atoms with Crippen LogP contribution in [-0.4, -0.2) is 86.2 Å². The normalized spacial score (nSPS) is 12.6. The fourth-order valence-electron chi connectivity index (χ4n) is 5.22. The third-order valence-electron chi connectivity index (χ3n) is 7.84. The molecule has 3 aromatic rings. The van der Waals surface area contributed by atoms with Crippen LogP contribution in [-0.2, 0) is 37.0 Å². The van der Waals surface area contributed by atoms with Crippen molar-refractivity contribution >= 4 is 51.0 Å². The molecule has 0 radical (unpaired) electrons. The fraction of sp³-hybridized carbons (Fsp3) is 0.441. The smallest absolute Gasteiger partial charge is 0.306 e. The molecule has 1 aliphatic heterocycles. The Labute approximate surface area is 295 Å². The summed E-state index contributed by atoms with van der Waals surface area (Å²) >= 11 is 1.04. The lowest BCUT2D eigenvalue weighted by molar-refractivity contribution is -0.148. The summed E-state index contributed by atoms with van der Waals surface area (Å²) in [6.07, 6.45) is -1.33. The van der Waals surface area contributed by atoms with E-state index in [4.69, 9.17) is 34.5 Å². The van der Waals surface area contributed by atoms with Gasteiger partial charge in [-0.15, -0.1) is 11.3 Å². The molecule has 14 nitrogen and oxygen atoms in total. The van der Waals surface area contributed by atoms with E-state index in [0.717, 1.165) is 11.3 Å². The van der Waals surface area contributed by atoms with Crippen molar-refractivity contribution in [1.82, 2.24) is 10.2 Å². The zero-order chi connectivity index (χ0) is 37.2. The molecular weight excluding hydrogens is 696 g/mol. The van der Waals surface area contributed by atoms with Crippen LogP contribution in [0.1, 0.15) is 59.8 Å². The second kappa shape index (κ2) is 17.8. The van der Waals surface area contributed by atoms with Crippen molar-refractivity contribution in [3.63, 3.8) is 0 Å². The number of fused-ring (bicyclic) bond motifs is 2. The number of hydrogen-bond donors (Lipinski definition) is 3. The Morgan fingerprint density at radius 2 is 1.61 bits per heavy atom. The van der Waals surface area contributed by atoms with E-state index < -0.39 is 41.5 Å². The van der Waals surface area contributed by atoms with Crippen LogP contribution < -0.4 is 30.0 Å². The number of Topliss-reactive ketones (excluding diaryl/α,β-unsaturated/α-hetero) is 1. The summed E-state index contributed by atoms with van der Waals surface area (Å²) < 4.78 is 58.8. The lowest BCUT2D eigenvalue weighted by atomic mass is 10.1. The summed E-state index contributed by atoms with van der Waals surface area (Å²) in [6, 6.07) is 4.50. The number of aliphatic carboxylic acids is 1. The molecule has 0 unspecified atom stereocenters. The van der Waals surface area contributed by atoms with Gasteiger partial charge in [-0.25, -0.2) is 8.78 Å². The molecule has 0 aliphatic carbocycles. The van der Waals surface area contributed by atoms with Gasteiger partial charge in [-0.2, -0.15) is 0 Å². The fourth-order valence-corrected chi connectivity index (χ4v) is 6.27. The molecule has 0 spiro atoms. The minimum Gasteiger partial charge on any atom is -0.493 e. The predicted octanol–water partition coefficient (Wildman–Crippen LogP) is 3.72. The first-order valence-electron chi connectivity index (χ1n) is 16.0. The molecule has 0 saturated carbocycles. The monoisotopic (exact) mass is 735 g/mol. The topological polar surface area (TPSA) is 193 Å². The van der Waals surface area contributed by atoms with Crippen LogP contribution >= 0.6 is 11.3 Å². The van der Waals surface area contributed by atoms with E-state index in [1.165, 1.54) is 31.3 Å². The van der Waals surface area contributed by atoms with Gasteiger partial charge in [-0.05, 0) is 24.6 Å². The number of ketones is 1. The summed E-state index contributed by atoms with van der Waals surface area (Å²) in [5.74, 6) is -4.49. The first-order chi connectivity index (χ1) is 24.4. The number of nitrogens with one attached hydrogen (secondary N) is 1. The van der Waals surface area contributed by atoms with Gasteiger partial charge in [0.1, 0.15) is 6.10 Å². The number of carboxylic acid groups (broad SMARTS) is 1. The van der Waals surface area contributed by atoms with Gasteiger partial charge in [-0.3, -0.25) is 24.0 Å². The number of nitrogens with zero attached hydrogens (tertiary/aromatic N) is 1. The van der Waals surface area contributed by atoms with Crippen molar-refractivity contribution in [2.75, 3.05) is 40.5 Å². The Kier molecular flexibility index (Phi) is 13.5. The van der Waals surface area contributed by atoms with Crippen molar-refractivity contribution in [3.8, 4) is 23.0 Å². The molecular formula is C34H39F2N3O11S. The summed E-state index contributed by atoms with van der Waals surface area (Å²) in [5, 5.41) is 11.5. The molecule has 1 aliphatic rings. The second-order valence-electron chi connectivity index (χ2n) is 11.5. The maximum absolute atomic E-state index is 15.7. The van der Waals surface area contributed by atoms with Gasteiger partial charge in [0, 0.05) is 54.1 Å². The second-order valence-corrected chi connectivity index (χ2v) is 12.6. The van der Waals surface area contributed by atoms with Crippen molar-refractivity contribution in [3.05, 3.63) is 45.8 Å². The number of ether oxygens (including phenoxy) is 5. The summed E-state index contributed by atoms with van der Waals surface area (Å²) in [7, 11) is 2.69. The lowest BCUT2D eigenvalue weighted by Crippen LogP contribution is -2.36. The number of nitrogens with two attached hydrogens (primary N) is 1. The summed E-state index contributed by atoms with van der Waals surface area (Å²) in [5.41, 5.74) is 6.00. The van der Waals surface area contributed by atoms with Crippen LogP contribution in [0, 0.1) is 11.6 Å². The quantitative estimate of drug-likeness (QED) is 0.0920. The highest BCUT2D eigenvalue weighted by molar-refractivity contribution is 7.20. The van der Waals surface area contributed by atoms with E-state index in [9.17, 15) is 24.0 Å². The molecule has 0 fully saturated rings. The highest BCUT2D eigenvalue weighted by atomic mass is 32.1. The Hall–Kier alpha value is -5.03. The highest BCUT2D eigenvalue weighted by Crippen LogP contribution is 2.41. The first kappa shape index (κ1) is 38.8. The molecule has 1 aromatic heterocycles. The van der Waals surface area contributed by atoms with Gasteiger partial charge in [0.05, 0.1) is 58.2 Å². The van der Waals surface area contributed by atoms with Crippen LogP contribution in [0.3, 0.4) is 0 Å². The van der Waals surface area contributed by atoms with Crippen molar-refractivity contribution in [2.45, 2.75) is 58.2 Å².